The number of alkyl halides is 4. The number of pyridine rings is 1. The van der Waals surface area contributed by atoms with E-state index in [2.05, 4.69) is 41.9 Å². The van der Waals surface area contributed by atoms with Gasteiger partial charge in [-0.1, -0.05) is 6.07 Å². The fraction of sp³-hybridized carbons (Fsp3) is 0.292. The van der Waals surface area contributed by atoms with Gasteiger partial charge in [0.15, 0.2) is 11.5 Å². The average Bonchev–Trinajstić information content (AvgIpc) is 3.30. The van der Waals surface area contributed by atoms with Crippen LogP contribution in [0.5, 0.6) is 5.75 Å². The molecule has 36 heavy (non-hydrogen) atoms. The molecule has 0 spiro atoms. The molecule has 4 aromatic rings. The zero-order valence-corrected chi connectivity index (χ0v) is 19.3. The van der Waals surface area contributed by atoms with Gasteiger partial charge in [0.25, 0.3) is 0 Å². The largest absolute Gasteiger partial charge is 0.461 e. The van der Waals surface area contributed by atoms with Crippen molar-refractivity contribution in [2.75, 3.05) is 43.4 Å². The molecule has 1 fully saturated rings. The Balaban J connectivity index is 1.37. The van der Waals surface area contributed by atoms with Crippen LogP contribution >= 0.6 is 0 Å². The first-order valence-electron chi connectivity index (χ1n) is 11.2. The van der Waals surface area contributed by atoms with E-state index in [0.29, 0.717) is 17.2 Å². The number of benzene rings is 1. The molecule has 0 radical (unpaired) electrons. The summed E-state index contributed by atoms with van der Waals surface area (Å²) < 4.78 is 57.5. The molecule has 4 heterocycles. The highest BCUT2D eigenvalue weighted by molar-refractivity contribution is 5.74. The molecule has 0 amide bonds. The van der Waals surface area contributed by atoms with E-state index in [0.717, 1.165) is 43.3 Å². The quantitative estimate of drug-likeness (QED) is 0.374. The Morgan fingerprint density at radius 2 is 1.81 bits per heavy atom. The predicted octanol–water partition coefficient (Wildman–Crippen LogP) is 4.52. The van der Waals surface area contributed by atoms with E-state index >= 15 is 0 Å². The second kappa shape index (κ2) is 9.61. The number of hydrogen-bond acceptors (Lipinski definition) is 7. The van der Waals surface area contributed by atoms with Gasteiger partial charge < -0.3 is 19.9 Å². The zero-order chi connectivity index (χ0) is 25.3. The first kappa shape index (κ1) is 23.8. The molecular formula is C24H23F4N7O. The standard InChI is InChI=1S/C24H23F4N7O/c1-33-9-11-34(12-10-33)20-6-5-16(14-30-20)19-15-31-22-21(29-7-8-35(19)22)32-17-3-2-4-18(13-17)36-24(27,28)23(25)26/h2-8,13-15,23H,9-12H2,1H3,(H,29,32). The van der Waals surface area contributed by atoms with Crippen LogP contribution in [0.4, 0.5) is 34.9 Å². The fourth-order valence-electron chi connectivity index (χ4n) is 3.96. The maximum absolute atomic E-state index is 13.3. The fourth-order valence-corrected chi connectivity index (χ4v) is 3.96. The highest BCUT2D eigenvalue weighted by Gasteiger charge is 2.44. The number of fused-ring (bicyclic) bond motifs is 1. The summed E-state index contributed by atoms with van der Waals surface area (Å²) >= 11 is 0. The molecule has 1 N–H and O–H groups in total. The molecule has 1 aliphatic heterocycles. The summed E-state index contributed by atoms with van der Waals surface area (Å²) in [6, 6.07) is 9.31. The third kappa shape index (κ3) is 4.89. The number of piperazine rings is 1. The zero-order valence-electron chi connectivity index (χ0n) is 19.3. The van der Waals surface area contributed by atoms with Crippen molar-refractivity contribution in [3.63, 3.8) is 0 Å². The van der Waals surface area contributed by atoms with Crippen LogP contribution in [0.15, 0.2) is 61.2 Å². The van der Waals surface area contributed by atoms with Gasteiger partial charge in [-0.15, -0.1) is 0 Å². The van der Waals surface area contributed by atoms with Gasteiger partial charge in [0.05, 0.1) is 11.9 Å². The van der Waals surface area contributed by atoms with Crippen LogP contribution in [-0.4, -0.2) is 70.0 Å². The number of halogens is 4. The van der Waals surface area contributed by atoms with Crippen LogP contribution in [0.1, 0.15) is 0 Å². The lowest BCUT2D eigenvalue weighted by molar-refractivity contribution is -0.253. The molecule has 0 unspecified atom stereocenters. The first-order chi connectivity index (χ1) is 17.3. The number of nitrogens with one attached hydrogen (secondary N) is 1. The summed E-state index contributed by atoms with van der Waals surface area (Å²) in [5.41, 5.74) is 2.46. The number of ether oxygens (including phenoxy) is 1. The van der Waals surface area contributed by atoms with Gasteiger partial charge >= 0.3 is 12.5 Å². The van der Waals surface area contributed by atoms with Crippen molar-refractivity contribution >= 4 is 23.0 Å². The molecule has 8 nitrogen and oxygen atoms in total. The van der Waals surface area contributed by atoms with Gasteiger partial charge in [0.1, 0.15) is 11.6 Å². The highest BCUT2D eigenvalue weighted by Crippen LogP contribution is 2.31. The molecule has 0 aliphatic carbocycles. The summed E-state index contributed by atoms with van der Waals surface area (Å²) in [4.78, 5) is 17.9. The maximum Gasteiger partial charge on any atom is 0.461 e. The normalized spacial score (nSPS) is 15.0. The minimum absolute atomic E-state index is 0.320. The monoisotopic (exact) mass is 501 g/mol. The minimum atomic E-state index is -4.59. The van der Waals surface area contributed by atoms with Crippen molar-refractivity contribution < 1.29 is 22.3 Å². The number of likely N-dealkylation sites (N-methyl/N-ethyl adjacent to an activating group) is 1. The topological polar surface area (TPSA) is 70.8 Å². The van der Waals surface area contributed by atoms with E-state index in [9.17, 15) is 17.6 Å². The van der Waals surface area contributed by atoms with Crippen LogP contribution in [0.2, 0.25) is 0 Å². The number of hydrogen-bond donors (Lipinski definition) is 1. The maximum atomic E-state index is 13.3. The molecule has 1 aliphatic rings. The molecule has 5 rings (SSSR count). The summed E-state index contributed by atoms with van der Waals surface area (Å²) in [5.74, 6) is 0.862. The smallest absolute Gasteiger partial charge is 0.428 e. The number of aromatic nitrogens is 4. The Bertz CT molecular complexity index is 1340. The van der Waals surface area contributed by atoms with E-state index in [4.69, 9.17) is 0 Å². The van der Waals surface area contributed by atoms with Crippen LogP contribution < -0.4 is 15.0 Å². The van der Waals surface area contributed by atoms with Crippen molar-refractivity contribution in [1.29, 1.82) is 0 Å². The van der Waals surface area contributed by atoms with Crippen molar-refractivity contribution in [3.05, 3.63) is 61.2 Å². The SMILES string of the molecule is CN1CCN(c2ccc(-c3cnc4c(Nc5cccc(OC(F)(F)C(F)F)c5)nccn34)cn2)CC1. The predicted molar refractivity (Wildman–Crippen MR) is 127 cm³/mol. The van der Waals surface area contributed by atoms with Gasteiger partial charge in [0, 0.05) is 62.1 Å². The van der Waals surface area contributed by atoms with E-state index in [1.165, 1.54) is 18.2 Å². The molecule has 0 bridgehead atoms. The first-order valence-corrected chi connectivity index (χ1v) is 11.2. The molecule has 12 heteroatoms. The molecule has 188 valence electrons. The van der Waals surface area contributed by atoms with Gasteiger partial charge in [-0.25, -0.2) is 15.0 Å². The Morgan fingerprint density at radius 1 is 1.00 bits per heavy atom. The van der Waals surface area contributed by atoms with Crippen molar-refractivity contribution in [2.24, 2.45) is 0 Å². The number of rotatable bonds is 7. The van der Waals surface area contributed by atoms with Gasteiger partial charge in [-0.3, -0.25) is 4.40 Å². The van der Waals surface area contributed by atoms with Crippen molar-refractivity contribution in [3.8, 4) is 17.0 Å². The third-order valence-corrected chi connectivity index (χ3v) is 5.90. The average molecular weight is 501 g/mol. The lowest BCUT2D eigenvalue weighted by Gasteiger charge is -2.33. The van der Waals surface area contributed by atoms with Gasteiger partial charge in [-0.05, 0) is 31.3 Å². The second-order valence-corrected chi connectivity index (χ2v) is 8.43. The number of anilines is 3. The summed E-state index contributed by atoms with van der Waals surface area (Å²) in [7, 11) is 2.10. The Kier molecular flexibility index (Phi) is 6.35. The molecule has 0 saturated carbocycles. The van der Waals surface area contributed by atoms with Crippen molar-refractivity contribution in [1.82, 2.24) is 24.3 Å². The summed E-state index contributed by atoms with van der Waals surface area (Å²) in [5, 5.41) is 2.99. The van der Waals surface area contributed by atoms with Gasteiger partial charge in [-0.2, -0.15) is 17.6 Å². The molecule has 3 aromatic heterocycles. The van der Waals surface area contributed by atoms with Crippen LogP contribution in [0.25, 0.3) is 16.9 Å². The Labute approximate surface area is 204 Å². The molecule has 1 saturated heterocycles. The van der Waals surface area contributed by atoms with Crippen molar-refractivity contribution in [2.45, 2.75) is 12.5 Å². The Morgan fingerprint density at radius 3 is 2.53 bits per heavy atom. The van der Waals surface area contributed by atoms with Crippen LogP contribution in [0, 0.1) is 0 Å². The lowest BCUT2D eigenvalue weighted by Crippen LogP contribution is -2.44. The molecular weight excluding hydrogens is 478 g/mol. The molecule has 0 atom stereocenters. The Hall–Kier alpha value is -3.93. The minimum Gasteiger partial charge on any atom is -0.428 e. The van der Waals surface area contributed by atoms with Crippen LogP contribution in [0.3, 0.4) is 0 Å². The van der Waals surface area contributed by atoms with Crippen LogP contribution in [-0.2, 0) is 0 Å². The summed E-state index contributed by atoms with van der Waals surface area (Å²) in [6.45, 7) is 3.82. The van der Waals surface area contributed by atoms with Gasteiger partial charge in [0.2, 0.25) is 0 Å². The number of nitrogens with zero attached hydrogens (tertiary/aromatic N) is 6. The highest BCUT2D eigenvalue weighted by atomic mass is 19.3. The van der Waals surface area contributed by atoms with E-state index in [1.807, 2.05) is 16.5 Å². The van der Waals surface area contributed by atoms with E-state index < -0.39 is 18.3 Å². The third-order valence-electron chi connectivity index (χ3n) is 5.90. The second-order valence-electron chi connectivity index (χ2n) is 8.43. The van der Waals surface area contributed by atoms with E-state index in [-0.39, 0.29) is 0 Å². The summed E-state index contributed by atoms with van der Waals surface area (Å²) in [6.07, 6.45) is -1.73. The molecule has 1 aromatic carbocycles. The number of imidazole rings is 1. The lowest BCUT2D eigenvalue weighted by atomic mass is 10.2. The van der Waals surface area contributed by atoms with E-state index in [1.54, 1.807) is 30.9 Å².